The van der Waals surface area contributed by atoms with Crippen LogP contribution < -0.4 is 5.32 Å². The molecule has 1 aromatic rings. The van der Waals surface area contributed by atoms with Crippen LogP contribution in [-0.4, -0.2) is 18.4 Å². The van der Waals surface area contributed by atoms with Crippen molar-refractivity contribution in [2.45, 2.75) is 25.3 Å². The van der Waals surface area contributed by atoms with Gasteiger partial charge in [0.25, 0.3) is 0 Å². The van der Waals surface area contributed by atoms with Crippen molar-refractivity contribution in [2.75, 3.05) is 6.54 Å². The van der Waals surface area contributed by atoms with Gasteiger partial charge in [0.2, 0.25) is 0 Å². The van der Waals surface area contributed by atoms with E-state index in [9.17, 15) is 9.18 Å². The largest absolute Gasteiger partial charge is 0.314 e. The Balaban J connectivity index is 1.98. The van der Waals surface area contributed by atoms with Gasteiger partial charge in [0.15, 0.2) is 5.78 Å². The molecule has 1 aliphatic heterocycles. The third kappa shape index (κ3) is 2.63. The lowest BCUT2D eigenvalue weighted by molar-refractivity contribution is 0.0971. The first kappa shape index (κ1) is 10.3. The fraction of sp³-hybridized carbons (Fsp3) is 0.417. The number of hydrogen-bond acceptors (Lipinski definition) is 2. The highest BCUT2D eigenvalue weighted by atomic mass is 19.1. The van der Waals surface area contributed by atoms with Crippen molar-refractivity contribution in [3.8, 4) is 0 Å². The van der Waals surface area contributed by atoms with Crippen LogP contribution in [0.25, 0.3) is 0 Å². The highest BCUT2D eigenvalue weighted by molar-refractivity contribution is 5.96. The van der Waals surface area contributed by atoms with Crippen LogP contribution in [0.1, 0.15) is 29.6 Å². The SMILES string of the molecule is O=C(C[C@@H]1CCCN1)c1ccc(F)cc1. The van der Waals surface area contributed by atoms with Crippen LogP contribution in [-0.2, 0) is 0 Å². The smallest absolute Gasteiger partial charge is 0.164 e. The summed E-state index contributed by atoms with van der Waals surface area (Å²) in [6, 6.07) is 6.06. The molecule has 1 fully saturated rings. The Morgan fingerprint density at radius 2 is 2.13 bits per heavy atom. The molecule has 1 saturated heterocycles. The van der Waals surface area contributed by atoms with E-state index in [1.165, 1.54) is 12.1 Å². The standard InChI is InChI=1S/C12H14FNO/c13-10-5-3-9(4-6-10)12(15)8-11-2-1-7-14-11/h3-6,11,14H,1-2,7-8H2/t11-/m0/s1. The lowest BCUT2D eigenvalue weighted by Crippen LogP contribution is -2.24. The van der Waals surface area contributed by atoms with Gasteiger partial charge in [0.05, 0.1) is 0 Å². The molecule has 0 saturated carbocycles. The second-order valence-corrected chi connectivity index (χ2v) is 3.93. The zero-order chi connectivity index (χ0) is 10.7. The maximum absolute atomic E-state index is 12.6. The third-order valence-electron chi connectivity index (χ3n) is 2.76. The summed E-state index contributed by atoms with van der Waals surface area (Å²) in [6.45, 7) is 1.00. The molecule has 0 amide bonds. The minimum Gasteiger partial charge on any atom is -0.314 e. The number of halogens is 1. The van der Waals surface area contributed by atoms with Crippen molar-refractivity contribution in [3.63, 3.8) is 0 Å². The van der Waals surface area contributed by atoms with E-state index in [4.69, 9.17) is 0 Å². The monoisotopic (exact) mass is 207 g/mol. The Hall–Kier alpha value is -1.22. The number of carbonyl (C=O) groups is 1. The van der Waals surface area contributed by atoms with E-state index in [1.807, 2.05) is 0 Å². The molecule has 1 aliphatic rings. The van der Waals surface area contributed by atoms with Gasteiger partial charge in [-0.1, -0.05) is 0 Å². The predicted octanol–water partition coefficient (Wildman–Crippen LogP) is 2.15. The molecule has 0 aliphatic carbocycles. The summed E-state index contributed by atoms with van der Waals surface area (Å²) in [6.07, 6.45) is 2.72. The molecule has 3 heteroatoms. The van der Waals surface area contributed by atoms with Crippen molar-refractivity contribution >= 4 is 5.78 Å². The maximum atomic E-state index is 12.6. The van der Waals surface area contributed by atoms with Gasteiger partial charge < -0.3 is 5.32 Å². The summed E-state index contributed by atoms with van der Waals surface area (Å²) in [5.41, 5.74) is 0.602. The average Bonchev–Trinajstić information content (AvgIpc) is 2.71. The van der Waals surface area contributed by atoms with Crippen molar-refractivity contribution in [2.24, 2.45) is 0 Å². The molecule has 0 radical (unpaired) electrons. The molecule has 1 atom stereocenters. The molecule has 0 bridgehead atoms. The van der Waals surface area contributed by atoms with Crippen molar-refractivity contribution in [1.29, 1.82) is 0 Å². The highest BCUT2D eigenvalue weighted by Gasteiger charge is 2.18. The molecule has 1 heterocycles. The number of carbonyl (C=O) groups excluding carboxylic acids is 1. The summed E-state index contributed by atoms with van der Waals surface area (Å²) in [4.78, 5) is 11.7. The Labute approximate surface area is 88.5 Å². The average molecular weight is 207 g/mol. The van der Waals surface area contributed by atoms with Gasteiger partial charge in [-0.15, -0.1) is 0 Å². The number of Topliss-reactive ketones (excluding diaryl/α,β-unsaturated/α-hetero) is 1. The Bertz CT molecular complexity index is 341. The summed E-state index contributed by atoms with van der Waals surface area (Å²) < 4.78 is 12.6. The van der Waals surface area contributed by atoms with Crippen LogP contribution in [0.4, 0.5) is 4.39 Å². The lowest BCUT2D eigenvalue weighted by atomic mass is 10.0. The van der Waals surface area contributed by atoms with Crippen molar-refractivity contribution in [3.05, 3.63) is 35.6 Å². The first-order valence-electron chi connectivity index (χ1n) is 5.28. The maximum Gasteiger partial charge on any atom is 0.164 e. The second-order valence-electron chi connectivity index (χ2n) is 3.93. The number of benzene rings is 1. The molecule has 2 rings (SSSR count). The number of ketones is 1. The van der Waals surface area contributed by atoms with Gasteiger partial charge >= 0.3 is 0 Å². The van der Waals surface area contributed by atoms with Crippen molar-refractivity contribution < 1.29 is 9.18 Å². The summed E-state index contributed by atoms with van der Waals surface area (Å²) >= 11 is 0. The van der Waals surface area contributed by atoms with E-state index < -0.39 is 0 Å². The van der Waals surface area contributed by atoms with Gasteiger partial charge in [-0.2, -0.15) is 0 Å². The number of nitrogens with one attached hydrogen (secondary N) is 1. The van der Waals surface area contributed by atoms with E-state index in [-0.39, 0.29) is 11.6 Å². The topological polar surface area (TPSA) is 29.1 Å². The molecule has 80 valence electrons. The molecule has 0 unspecified atom stereocenters. The van der Waals surface area contributed by atoms with Gasteiger partial charge in [-0.05, 0) is 43.7 Å². The minimum atomic E-state index is -0.300. The first-order valence-corrected chi connectivity index (χ1v) is 5.28. The van der Waals surface area contributed by atoms with Crippen LogP contribution in [0.3, 0.4) is 0 Å². The fourth-order valence-electron chi connectivity index (χ4n) is 1.91. The zero-order valence-corrected chi connectivity index (χ0v) is 8.50. The molecule has 1 aromatic carbocycles. The predicted molar refractivity (Wildman–Crippen MR) is 56.4 cm³/mol. The van der Waals surface area contributed by atoms with Crippen LogP contribution in [0.2, 0.25) is 0 Å². The van der Waals surface area contributed by atoms with Crippen LogP contribution in [0.15, 0.2) is 24.3 Å². The van der Waals surface area contributed by atoms with Gasteiger partial charge in [-0.3, -0.25) is 4.79 Å². The quantitative estimate of drug-likeness (QED) is 0.769. The summed E-state index contributed by atoms with van der Waals surface area (Å²) in [7, 11) is 0. The second kappa shape index (κ2) is 4.53. The Kier molecular flexibility index (Phi) is 3.11. The molecular weight excluding hydrogens is 193 g/mol. The molecule has 1 N–H and O–H groups in total. The van der Waals surface area contributed by atoms with E-state index in [0.29, 0.717) is 18.0 Å². The summed E-state index contributed by atoms with van der Waals surface area (Å²) in [5, 5.41) is 3.27. The normalized spacial score (nSPS) is 20.5. The fourth-order valence-corrected chi connectivity index (χ4v) is 1.91. The third-order valence-corrected chi connectivity index (χ3v) is 2.76. The van der Waals surface area contributed by atoms with Crippen LogP contribution >= 0.6 is 0 Å². The van der Waals surface area contributed by atoms with Gasteiger partial charge in [0.1, 0.15) is 5.82 Å². The number of hydrogen-bond donors (Lipinski definition) is 1. The molecular formula is C12H14FNO. The van der Waals surface area contributed by atoms with Gasteiger partial charge in [0, 0.05) is 18.0 Å². The molecule has 0 aromatic heterocycles. The van der Waals surface area contributed by atoms with E-state index >= 15 is 0 Å². The van der Waals surface area contributed by atoms with Gasteiger partial charge in [-0.25, -0.2) is 4.39 Å². The first-order chi connectivity index (χ1) is 7.25. The van der Waals surface area contributed by atoms with E-state index in [2.05, 4.69) is 5.32 Å². The molecule has 2 nitrogen and oxygen atoms in total. The zero-order valence-electron chi connectivity index (χ0n) is 8.50. The van der Waals surface area contributed by atoms with Crippen molar-refractivity contribution in [1.82, 2.24) is 5.32 Å². The Morgan fingerprint density at radius 1 is 1.40 bits per heavy atom. The summed E-state index contributed by atoms with van der Waals surface area (Å²) in [5.74, 6) is -0.208. The van der Waals surface area contributed by atoms with Crippen LogP contribution in [0, 0.1) is 5.82 Å². The van der Waals surface area contributed by atoms with E-state index in [1.54, 1.807) is 12.1 Å². The molecule has 15 heavy (non-hydrogen) atoms. The number of rotatable bonds is 3. The Morgan fingerprint density at radius 3 is 2.73 bits per heavy atom. The van der Waals surface area contributed by atoms with E-state index in [0.717, 1.165) is 19.4 Å². The molecule has 0 spiro atoms. The van der Waals surface area contributed by atoms with Crippen LogP contribution in [0.5, 0.6) is 0 Å². The highest BCUT2D eigenvalue weighted by Crippen LogP contribution is 2.13. The minimum absolute atomic E-state index is 0.0920. The lowest BCUT2D eigenvalue weighted by Gasteiger charge is -2.08.